The number of nitrogens with zero attached hydrogens (tertiary/aromatic N) is 1. The van der Waals surface area contributed by atoms with E-state index in [9.17, 15) is 8.42 Å². The average molecular weight is 310 g/mol. The molecule has 0 spiro atoms. The molecule has 4 heteroatoms. The Morgan fingerprint density at radius 2 is 1.67 bits per heavy atom. The van der Waals surface area contributed by atoms with Crippen molar-refractivity contribution in [2.45, 2.75) is 50.3 Å². The fourth-order valence-electron chi connectivity index (χ4n) is 4.02. The molecule has 0 aliphatic heterocycles. The zero-order valence-electron chi connectivity index (χ0n) is 13.8. The van der Waals surface area contributed by atoms with E-state index in [0.717, 1.165) is 24.0 Å². The molecule has 0 radical (unpaired) electrons. The van der Waals surface area contributed by atoms with E-state index in [1.54, 1.807) is 24.3 Å². The highest BCUT2D eigenvalue weighted by atomic mass is 32.2. The van der Waals surface area contributed by atoms with Crippen molar-refractivity contribution in [3.63, 3.8) is 0 Å². The molecule has 1 fully saturated rings. The van der Waals surface area contributed by atoms with Gasteiger partial charge in [-0.2, -0.15) is 0 Å². The van der Waals surface area contributed by atoms with Gasteiger partial charge in [0.2, 0.25) is 0 Å². The largest absolute Gasteiger partial charge is 0.323 e. The number of sulfone groups is 1. The molecule has 0 bridgehead atoms. The van der Waals surface area contributed by atoms with E-state index in [4.69, 9.17) is 0 Å². The standard InChI is InChI=1S/C17H28NO2S/c1-6-18(5,7-2)16-15(13-17(16,3)4)21(19,20)14-11-9-8-10-12-14/h8-12,15-16H,6-7,13H2,1-5H3/q+1/t15-,16-/m1/s1. The number of quaternary nitrogens is 1. The van der Waals surface area contributed by atoms with Crippen molar-refractivity contribution in [2.75, 3.05) is 20.1 Å². The Kier molecular flexibility index (Phi) is 4.24. The number of rotatable bonds is 5. The summed E-state index contributed by atoms with van der Waals surface area (Å²) < 4.78 is 26.8. The van der Waals surface area contributed by atoms with E-state index in [0.29, 0.717) is 4.90 Å². The van der Waals surface area contributed by atoms with Crippen LogP contribution in [0.25, 0.3) is 0 Å². The van der Waals surface area contributed by atoms with Gasteiger partial charge in [0, 0.05) is 5.41 Å². The maximum atomic E-state index is 13.0. The van der Waals surface area contributed by atoms with Crippen LogP contribution < -0.4 is 0 Å². The molecule has 0 unspecified atom stereocenters. The van der Waals surface area contributed by atoms with Crippen LogP contribution in [0.4, 0.5) is 0 Å². The molecule has 0 amide bonds. The van der Waals surface area contributed by atoms with Gasteiger partial charge < -0.3 is 4.48 Å². The first-order valence-corrected chi connectivity index (χ1v) is 9.37. The zero-order chi connectivity index (χ0) is 15.9. The minimum Gasteiger partial charge on any atom is -0.323 e. The quantitative estimate of drug-likeness (QED) is 0.783. The lowest BCUT2D eigenvalue weighted by Crippen LogP contribution is -2.71. The summed E-state index contributed by atoms with van der Waals surface area (Å²) in [6.07, 6.45) is 0.753. The number of hydrogen-bond donors (Lipinski definition) is 0. The van der Waals surface area contributed by atoms with Gasteiger partial charge in [-0.05, 0) is 32.4 Å². The molecule has 0 heterocycles. The Labute approximate surface area is 129 Å². The van der Waals surface area contributed by atoms with Crippen LogP contribution in [0, 0.1) is 5.41 Å². The fraction of sp³-hybridized carbons (Fsp3) is 0.647. The third kappa shape index (κ3) is 2.64. The molecule has 118 valence electrons. The first-order chi connectivity index (χ1) is 9.69. The number of hydrogen-bond acceptors (Lipinski definition) is 2. The summed E-state index contributed by atoms with van der Waals surface area (Å²) in [6.45, 7) is 10.7. The van der Waals surface area contributed by atoms with Crippen molar-refractivity contribution in [2.24, 2.45) is 5.41 Å². The van der Waals surface area contributed by atoms with Crippen molar-refractivity contribution < 1.29 is 12.9 Å². The summed E-state index contributed by atoms with van der Waals surface area (Å²) in [5.41, 5.74) is 0.0767. The summed E-state index contributed by atoms with van der Waals surface area (Å²) in [5.74, 6) is 0. The lowest BCUT2D eigenvalue weighted by Gasteiger charge is -2.58. The Bertz CT molecular complexity index is 588. The van der Waals surface area contributed by atoms with Gasteiger partial charge >= 0.3 is 0 Å². The SMILES string of the molecule is CC[N+](C)(CC)[C@@H]1[C@H](S(=O)(=O)c2ccccc2)CC1(C)C. The van der Waals surface area contributed by atoms with Gasteiger partial charge in [-0.3, -0.25) is 0 Å². The summed E-state index contributed by atoms with van der Waals surface area (Å²) >= 11 is 0. The molecule has 21 heavy (non-hydrogen) atoms. The van der Waals surface area contributed by atoms with Crippen LogP contribution in [0.1, 0.15) is 34.1 Å². The molecule has 1 aliphatic carbocycles. The second-order valence-corrected chi connectivity index (χ2v) is 9.31. The highest BCUT2D eigenvalue weighted by molar-refractivity contribution is 7.92. The average Bonchev–Trinajstić information content (AvgIpc) is 2.45. The van der Waals surface area contributed by atoms with Crippen LogP contribution in [0.15, 0.2) is 35.2 Å². The summed E-state index contributed by atoms with van der Waals surface area (Å²) in [5, 5.41) is -0.264. The van der Waals surface area contributed by atoms with Gasteiger partial charge in [0.1, 0.15) is 11.3 Å². The van der Waals surface area contributed by atoms with Crippen LogP contribution in [0.3, 0.4) is 0 Å². The Hall–Kier alpha value is -0.870. The van der Waals surface area contributed by atoms with Gasteiger partial charge in [0.05, 0.1) is 25.0 Å². The van der Waals surface area contributed by atoms with Gasteiger partial charge in [0.15, 0.2) is 9.84 Å². The van der Waals surface area contributed by atoms with Gasteiger partial charge in [0.25, 0.3) is 0 Å². The summed E-state index contributed by atoms with van der Waals surface area (Å²) in [4.78, 5) is 0.467. The Balaban J connectivity index is 2.41. The van der Waals surface area contributed by atoms with Crippen LogP contribution in [-0.4, -0.2) is 44.3 Å². The molecule has 0 saturated heterocycles. The number of benzene rings is 1. The minimum absolute atomic E-state index is 0.0767. The van der Waals surface area contributed by atoms with Crippen LogP contribution >= 0.6 is 0 Å². The topological polar surface area (TPSA) is 34.1 Å². The second kappa shape index (κ2) is 5.40. The fourth-order valence-corrected chi connectivity index (χ4v) is 6.56. The van der Waals surface area contributed by atoms with Gasteiger partial charge in [-0.15, -0.1) is 0 Å². The van der Waals surface area contributed by atoms with Crippen molar-refractivity contribution in [3.05, 3.63) is 30.3 Å². The molecular formula is C17H28NO2S+. The van der Waals surface area contributed by atoms with Gasteiger partial charge in [-0.25, -0.2) is 8.42 Å². The third-order valence-electron chi connectivity index (χ3n) is 5.47. The highest BCUT2D eigenvalue weighted by Gasteiger charge is 2.61. The van der Waals surface area contributed by atoms with Crippen molar-refractivity contribution in [1.29, 1.82) is 0 Å². The highest BCUT2D eigenvalue weighted by Crippen LogP contribution is 2.50. The monoisotopic (exact) mass is 310 g/mol. The van der Waals surface area contributed by atoms with Crippen molar-refractivity contribution in [3.8, 4) is 0 Å². The van der Waals surface area contributed by atoms with Crippen molar-refractivity contribution >= 4 is 9.84 Å². The molecule has 2 atom stereocenters. The van der Waals surface area contributed by atoms with Crippen LogP contribution in [0.5, 0.6) is 0 Å². The molecule has 1 saturated carbocycles. The zero-order valence-corrected chi connectivity index (χ0v) is 14.7. The first-order valence-electron chi connectivity index (χ1n) is 7.82. The van der Waals surface area contributed by atoms with Crippen molar-refractivity contribution in [1.82, 2.24) is 0 Å². The second-order valence-electron chi connectivity index (χ2n) is 7.15. The molecule has 1 aromatic rings. The minimum atomic E-state index is -3.24. The van der Waals surface area contributed by atoms with Crippen LogP contribution in [-0.2, 0) is 9.84 Å². The van der Waals surface area contributed by atoms with E-state index in [-0.39, 0.29) is 16.7 Å². The smallest absolute Gasteiger partial charge is 0.187 e. The normalized spacial score (nSPS) is 25.4. The van der Waals surface area contributed by atoms with E-state index in [1.165, 1.54) is 0 Å². The van der Waals surface area contributed by atoms with Gasteiger partial charge in [-0.1, -0.05) is 32.0 Å². The summed E-state index contributed by atoms with van der Waals surface area (Å²) in [7, 11) is -1.05. The maximum Gasteiger partial charge on any atom is 0.187 e. The predicted octanol–water partition coefficient (Wildman–Crippen LogP) is 3.11. The molecule has 0 N–H and O–H groups in total. The Morgan fingerprint density at radius 3 is 2.10 bits per heavy atom. The first kappa shape index (κ1) is 16.5. The lowest BCUT2D eigenvalue weighted by atomic mass is 9.65. The molecule has 3 nitrogen and oxygen atoms in total. The van der Waals surface area contributed by atoms with Crippen LogP contribution in [0.2, 0.25) is 0 Å². The maximum absolute atomic E-state index is 13.0. The molecule has 1 aliphatic rings. The van der Waals surface area contributed by atoms with E-state index >= 15 is 0 Å². The molecule has 0 aromatic heterocycles. The third-order valence-corrected chi connectivity index (χ3v) is 7.62. The summed E-state index contributed by atoms with van der Waals surface area (Å²) in [6, 6.07) is 9.08. The van der Waals surface area contributed by atoms with E-state index in [2.05, 4.69) is 34.7 Å². The van der Waals surface area contributed by atoms with E-state index < -0.39 is 9.84 Å². The lowest BCUT2D eigenvalue weighted by molar-refractivity contribution is -0.943. The molecular weight excluding hydrogens is 282 g/mol. The Morgan fingerprint density at radius 1 is 1.14 bits per heavy atom. The molecule has 2 rings (SSSR count). The predicted molar refractivity (Wildman–Crippen MR) is 86.9 cm³/mol. The van der Waals surface area contributed by atoms with E-state index in [1.807, 2.05) is 6.07 Å². The molecule has 1 aromatic carbocycles.